The van der Waals surface area contributed by atoms with Crippen LogP contribution in [0.15, 0.2) is 23.3 Å². The van der Waals surface area contributed by atoms with Crippen LogP contribution in [0.5, 0.6) is 0 Å². The largest absolute Gasteiger partial charge is 0.394 e. The molecular formula is C41H68O14. The summed E-state index contributed by atoms with van der Waals surface area (Å²) in [5, 5.41) is 88.3. The number of methoxy groups -OCH3 is 2. The van der Waals surface area contributed by atoms with Gasteiger partial charge in [0.25, 0.3) is 0 Å². The number of aliphatic hydroxyl groups excluding tert-OH is 8. The van der Waals surface area contributed by atoms with E-state index in [9.17, 15) is 40.9 Å². The van der Waals surface area contributed by atoms with Crippen LogP contribution in [0.3, 0.4) is 0 Å². The van der Waals surface area contributed by atoms with Crippen LogP contribution < -0.4 is 0 Å². The third-order valence-electron chi connectivity index (χ3n) is 14.4. The maximum absolute atomic E-state index is 12.4. The van der Waals surface area contributed by atoms with E-state index in [0.717, 1.165) is 30.4 Å². The minimum Gasteiger partial charge on any atom is -0.394 e. The summed E-state index contributed by atoms with van der Waals surface area (Å²) in [6.07, 6.45) is -6.78. The minimum atomic E-state index is -1.51. The lowest BCUT2D eigenvalue weighted by atomic mass is 9.47. The fourth-order valence-electron chi connectivity index (χ4n) is 11.5. The van der Waals surface area contributed by atoms with E-state index in [1.54, 1.807) is 0 Å². The Morgan fingerprint density at radius 2 is 1.58 bits per heavy atom. The lowest BCUT2D eigenvalue weighted by Crippen LogP contribution is -2.60. The number of aliphatic hydroxyl groups is 8. The van der Waals surface area contributed by atoms with Gasteiger partial charge in [-0.1, -0.05) is 52.3 Å². The molecule has 4 aliphatic carbocycles. The van der Waals surface area contributed by atoms with Crippen molar-refractivity contribution in [3.8, 4) is 0 Å². The summed E-state index contributed by atoms with van der Waals surface area (Å²) in [4.78, 5) is 0. The van der Waals surface area contributed by atoms with Gasteiger partial charge in [0.05, 0.1) is 31.5 Å². The van der Waals surface area contributed by atoms with Crippen LogP contribution in [-0.2, 0) is 28.4 Å². The highest BCUT2D eigenvalue weighted by Gasteiger charge is 2.64. The van der Waals surface area contributed by atoms with Crippen LogP contribution in [0.2, 0.25) is 0 Å². The van der Waals surface area contributed by atoms with Gasteiger partial charge in [-0.15, -0.1) is 0 Å². The number of fused-ring (bicyclic) bond motifs is 4. The lowest BCUT2D eigenvalue weighted by Gasteiger charge is -2.60. The van der Waals surface area contributed by atoms with Gasteiger partial charge in [0.15, 0.2) is 12.6 Å². The van der Waals surface area contributed by atoms with Gasteiger partial charge in [0.1, 0.15) is 54.9 Å². The molecule has 2 aliphatic heterocycles. The van der Waals surface area contributed by atoms with Crippen molar-refractivity contribution in [3.63, 3.8) is 0 Å². The quantitative estimate of drug-likeness (QED) is 0.123. The fraction of sp³-hybridized carbons (Fsp3) is 0.902. The molecule has 14 nitrogen and oxygen atoms in total. The van der Waals surface area contributed by atoms with E-state index in [1.807, 2.05) is 0 Å². The highest BCUT2D eigenvalue weighted by atomic mass is 16.7. The second-order valence-corrected chi connectivity index (χ2v) is 18.2. The van der Waals surface area contributed by atoms with Crippen LogP contribution >= 0.6 is 0 Å². The zero-order valence-electron chi connectivity index (χ0n) is 33.5. The normalized spacial score (nSPS) is 48.6. The number of ether oxygens (including phenoxy) is 6. The van der Waals surface area contributed by atoms with Gasteiger partial charge in [-0.25, -0.2) is 0 Å². The van der Waals surface area contributed by atoms with Crippen LogP contribution in [0, 0.1) is 40.4 Å². The summed E-state index contributed by atoms with van der Waals surface area (Å²) in [5.41, 5.74) is 1.14. The van der Waals surface area contributed by atoms with Crippen LogP contribution in [0.25, 0.3) is 0 Å². The third kappa shape index (κ3) is 7.88. The van der Waals surface area contributed by atoms with Gasteiger partial charge in [-0.2, -0.15) is 0 Å². The Balaban J connectivity index is 1.43. The Kier molecular flexibility index (Phi) is 13.6. The van der Waals surface area contributed by atoms with E-state index in [0.29, 0.717) is 31.6 Å². The summed E-state index contributed by atoms with van der Waals surface area (Å²) in [5.74, 6) is -0.0300. The molecular weight excluding hydrogens is 716 g/mol. The minimum absolute atomic E-state index is 0.000736. The first kappa shape index (κ1) is 43.5. The van der Waals surface area contributed by atoms with Crippen LogP contribution in [-0.4, -0.2) is 154 Å². The summed E-state index contributed by atoms with van der Waals surface area (Å²) < 4.78 is 36.0. The average molecular weight is 785 g/mol. The number of hydrogen-bond acceptors (Lipinski definition) is 14. The first-order chi connectivity index (χ1) is 26.0. The molecule has 0 bridgehead atoms. The van der Waals surface area contributed by atoms with Gasteiger partial charge in [0, 0.05) is 20.1 Å². The third-order valence-corrected chi connectivity index (χ3v) is 14.4. The van der Waals surface area contributed by atoms with Gasteiger partial charge in [-0.05, 0) is 85.0 Å². The van der Waals surface area contributed by atoms with Crippen molar-refractivity contribution in [2.24, 2.45) is 40.4 Å². The second-order valence-electron chi connectivity index (χ2n) is 18.2. The molecule has 316 valence electrons. The number of rotatable bonds is 13. The molecule has 0 aromatic rings. The highest BCUT2D eigenvalue weighted by Crippen LogP contribution is 2.67. The standard InChI is InChI=1S/C41H68O14/c1-19(2)9-8-10-20(3)29-26(52-39-34(49)37(51-7)31(46)27(17-42)53-39)16-23-28-22(12-14-41(23,29)5)40(4)13-11-21(43)15-24(40)30(45)36(28)55-38-33(48)32(47)35(54-38)25(44)18-50-6/h8,10,19-22,24-27,29-39,42-49H,9,11-18H2,1-7H3/b10-8+/t20-,21-,22+,24-,25-,26-,27-,29+,30+,31+,32-,33-,34-,35+,36-,37+,38+,39-,40-,41+/m1/s1. The van der Waals surface area contributed by atoms with Crippen molar-refractivity contribution >= 4 is 0 Å². The second kappa shape index (κ2) is 17.3. The Morgan fingerprint density at radius 3 is 2.24 bits per heavy atom. The maximum atomic E-state index is 12.4. The van der Waals surface area contributed by atoms with Gasteiger partial charge in [-0.3, -0.25) is 0 Å². The van der Waals surface area contributed by atoms with Crippen LogP contribution in [0.1, 0.15) is 79.6 Å². The Morgan fingerprint density at radius 1 is 0.873 bits per heavy atom. The molecule has 0 spiro atoms. The predicted octanol–water partition coefficient (Wildman–Crippen LogP) is 1.18. The average Bonchev–Trinajstić information content (AvgIpc) is 3.59. The first-order valence-electron chi connectivity index (χ1n) is 20.4. The molecule has 14 heteroatoms. The Labute approximate surface area is 325 Å². The molecule has 0 radical (unpaired) electrons. The monoisotopic (exact) mass is 784 g/mol. The smallest absolute Gasteiger partial charge is 0.187 e. The topological polar surface area (TPSA) is 217 Å². The van der Waals surface area contributed by atoms with Crippen molar-refractivity contribution in [1.29, 1.82) is 0 Å². The maximum Gasteiger partial charge on any atom is 0.187 e. The highest BCUT2D eigenvalue weighted by molar-refractivity contribution is 5.40. The Hall–Kier alpha value is -1.08. The van der Waals surface area contributed by atoms with Crippen molar-refractivity contribution in [1.82, 2.24) is 0 Å². The van der Waals surface area contributed by atoms with E-state index in [4.69, 9.17) is 28.4 Å². The zero-order chi connectivity index (χ0) is 40.1. The summed E-state index contributed by atoms with van der Waals surface area (Å²) in [6.45, 7) is 10.3. The van der Waals surface area contributed by atoms with E-state index in [2.05, 4.69) is 46.8 Å². The summed E-state index contributed by atoms with van der Waals surface area (Å²) >= 11 is 0. The van der Waals surface area contributed by atoms with Crippen molar-refractivity contribution < 1.29 is 69.3 Å². The van der Waals surface area contributed by atoms with E-state index in [1.165, 1.54) is 14.2 Å². The Bertz CT molecular complexity index is 1360. The lowest BCUT2D eigenvalue weighted by molar-refractivity contribution is -0.318. The molecule has 6 aliphatic rings. The molecule has 0 amide bonds. The SMILES string of the molecule is COC[C@@H](O)[C@@H]1O[C@@H](O[C@@H]2C3=C4C[C@@H](O[C@@H]5O[C@H](CO)[C@H](O)[C@H](OC)[C@H]5O)[C@H]([C@H](C)/C=C/CC(C)C)[C@@]4(C)CC[C@@H]3[C@@]3(C)CC[C@@H](O)C[C@@H]3[C@@H]2O)[C@H](O)[C@H]1O. The van der Waals surface area contributed by atoms with Crippen molar-refractivity contribution in [2.75, 3.05) is 27.4 Å². The molecule has 0 aromatic heterocycles. The van der Waals surface area contributed by atoms with E-state index in [-0.39, 0.29) is 35.7 Å². The van der Waals surface area contributed by atoms with Gasteiger partial charge >= 0.3 is 0 Å². The van der Waals surface area contributed by atoms with Crippen LogP contribution in [0.4, 0.5) is 0 Å². The number of hydrogen-bond donors (Lipinski definition) is 8. The molecule has 55 heavy (non-hydrogen) atoms. The molecule has 8 N–H and O–H groups in total. The molecule has 2 saturated heterocycles. The van der Waals surface area contributed by atoms with E-state index >= 15 is 0 Å². The summed E-state index contributed by atoms with van der Waals surface area (Å²) in [6, 6.07) is 0. The number of allylic oxidation sites excluding steroid dienone is 2. The van der Waals surface area contributed by atoms with Crippen molar-refractivity contribution in [2.45, 2.75) is 165 Å². The van der Waals surface area contributed by atoms with Gasteiger partial charge in [0.2, 0.25) is 0 Å². The molecule has 5 fully saturated rings. The molecule has 20 atom stereocenters. The molecule has 6 rings (SSSR count). The molecule has 3 saturated carbocycles. The van der Waals surface area contributed by atoms with Crippen molar-refractivity contribution in [3.05, 3.63) is 23.3 Å². The zero-order valence-corrected chi connectivity index (χ0v) is 33.5. The first-order valence-corrected chi connectivity index (χ1v) is 20.4. The van der Waals surface area contributed by atoms with E-state index < -0.39 is 97.8 Å². The molecule has 0 aromatic carbocycles. The molecule has 2 heterocycles. The molecule has 0 unspecified atom stereocenters. The van der Waals surface area contributed by atoms with Gasteiger partial charge < -0.3 is 69.3 Å². The fourth-order valence-corrected chi connectivity index (χ4v) is 11.5. The summed E-state index contributed by atoms with van der Waals surface area (Å²) in [7, 11) is 2.79. The predicted molar refractivity (Wildman–Crippen MR) is 198 cm³/mol.